The molecule has 2 aromatic heterocycles. The lowest BCUT2D eigenvalue weighted by atomic mass is 9.86. The Labute approximate surface area is 181 Å². The molecule has 5 heterocycles. The largest absolute Gasteiger partial charge is 0.396 e. The van der Waals surface area contributed by atoms with Crippen molar-refractivity contribution in [2.24, 2.45) is 11.8 Å². The van der Waals surface area contributed by atoms with Crippen molar-refractivity contribution in [3.05, 3.63) is 64.3 Å². The lowest BCUT2D eigenvalue weighted by Crippen LogP contribution is -2.50. The van der Waals surface area contributed by atoms with E-state index in [0.717, 1.165) is 24.3 Å². The second-order valence-corrected chi connectivity index (χ2v) is 8.94. The van der Waals surface area contributed by atoms with Crippen molar-refractivity contribution in [1.82, 2.24) is 24.3 Å². The quantitative estimate of drug-likeness (QED) is 0.756. The molecule has 3 aliphatic rings. The fraction of sp³-hybridized carbons (Fsp3) is 0.522. The molecule has 2 saturated heterocycles. The zero-order valence-corrected chi connectivity index (χ0v) is 17.8. The molecule has 1 N–H and O–H groups in total. The molecule has 2 aromatic rings. The minimum absolute atomic E-state index is 0.0413. The van der Waals surface area contributed by atoms with Gasteiger partial charge in [0.25, 0.3) is 5.56 Å². The van der Waals surface area contributed by atoms with Gasteiger partial charge >= 0.3 is 0 Å². The molecule has 0 aliphatic carbocycles. The number of likely N-dealkylation sites (N-methyl/N-ethyl adjacent to an activating group) is 1. The van der Waals surface area contributed by atoms with Crippen LogP contribution in [0.4, 0.5) is 0 Å². The third-order valence-electron chi connectivity index (χ3n) is 7.26. The van der Waals surface area contributed by atoms with E-state index in [4.69, 9.17) is 0 Å². The van der Waals surface area contributed by atoms with Gasteiger partial charge in [0.1, 0.15) is 0 Å². The van der Waals surface area contributed by atoms with Crippen LogP contribution < -0.4 is 5.56 Å². The van der Waals surface area contributed by atoms with Gasteiger partial charge in [-0.25, -0.2) is 0 Å². The number of aromatic nitrogens is 2. The molecule has 5 rings (SSSR count). The van der Waals surface area contributed by atoms with Gasteiger partial charge in [-0.15, -0.1) is 0 Å². The zero-order valence-electron chi connectivity index (χ0n) is 17.8. The van der Waals surface area contributed by atoms with Gasteiger partial charge in [-0.2, -0.15) is 0 Å². The molecule has 164 valence electrons. The highest BCUT2D eigenvalue weighted by Gasteiger charge is 2.56. The number of aliphatic hydroxyl groups is 1. The van der Waals surface area contributed by atoms with Crippen molar-refractivity contribution in [1.29, 1.82) is 0 Å². The van der Waals surface area contributed by atoms with Gasteiger partial charge in [0.2, 0.25) is 5.91 Å². The SMILES string of the molecule is CN1CCN(C(=O)[C@@H]2[C@@H](CO)[C@@H]3Cn4c(cccc4=O)[C@H]2N3Cc2ccncc2)CC1. The number of nitrogens with zero attached hydrogens (tertiary/aromatic N) is 5. The Morgan fingerprint density at radius 2 is 1.87 bits per heavy atom. The fourth-order valence-corrected chi connectivity index (χ4v) is 5.61. The fourth-order valence-electron chi connectivity index (χ4n) is 5.61. The Morgan fingerprint density at radius 3 is 2.58 bits per heavy atom. The van der Waals surface area contributed by atoms with Gasteiger partial charge in [0.15, 0.2) is 0 Å². The molecule has 0 saturated carbocycles. The van der Waals surface area contributed by atoms with Crippen LogP contribution in [0.1, 0.15) is 17.3 Å². The lowest BCUT2D eigenvalue weighted by Gasteiger charge is -2.39. The molecule has 3 aliphatic heterocycles. The summed E-state index contributed by atoms with van der Waals surface area (Å²) in [6.45, 7) is 4.19. The smallest absolute Gasteiger partial charge is 0.250 e. The number of hydrogen-bond acceptors (Lipinski definition) is 6. The van der Waals surface area contributed by atoms with E-state index in [2.05, 4.69) is 21.8 Å². The summed E-state index contributed by atoms with van der Waals surface area (Å²) in [5.74, 6) is -0.474. The first-order valence-corrected chi connectivity index (χ1v) is 11.0. The van der Waals surface area contributed by atoms with Crippen LogP contribution in [0, 0.1) is 11.8 Å². The van der Waals surface area contributed by atoms with Crippen molar-refractivity contribution in [2.45, 2.75) is 25.2 Å². The summed E-state index contributed by atoms with van der Waals surface area (Å²) in [5.41, 5.74) is 1.95. The summed E-state index contributed by atoms with van der Waals surface area (Å²) < 4.78 is 1.80. The summed E-state index contributed by atoms with van der Waals surface area (Å²) in [6, 6.07) is 8.98. The van der Waals surface area contributed by atoms with Crippen LogP contribution in [-0.2, 0) is 17.9 Å². The molecule has 31 heavy (non-hydrogen) atoms. The molecule has 8 nitrogen and oxygen atoms in total. The van der Waals surface area contributed by atoms with Crippen molar-refractivity contribution in [2.75, 3.05) is 39.8 Å². The molecule has 0 aromatic carbocycles. The van der Waals surface area contributed by atoms with Gasteiger partial charge in [-0.1, -0.05) is 6.07 Å². The summed E-state index contributed by atoms with van der Waals surface area (Å²) in [7, 11) is 2.07. The Hall–Kier alpha value is -2.55. The van der Waals surface area contributed by atoms with Gasteiger partial charge < -0.3 is 19.5 Å². The topological polar surface area (TPSA) is 81.9 Å². The van der Waals surface area contributed by atoms with E-state index in [-0.39, 0.29) is 42.0 Å². The Morgan fingerprint density at radius 1 is 1.13 bits per heavy atom. The average Bonchev–Trinajstić information content (AvgIpc) is 2.99. The van der Waals surface area contributed by atoms with E-state index in [1.54, 1.807) is 29.1 Å². The predicted molar refractivity (Wildman–Crippen MR) is 115 cm³/mol. The van der Waals surface area contributed by atoms with E-state index < -0.39 is 0 Å². The number of rotatable bonds is 4. The summed E-state index contributed by atoms with van der Waals surface area (Å²) in [4.78, 5) is 37.0. The molecular formula is C23H29N5O3. The molecule has 2 bridgehead atoms. The van der Waals surface area contributed by atoms with E-state index in [0.29, 0.717) is 26.2 Å². The minimum atomic E-state index is -0.365. The molecule has 4 atom stereocenters. The van der Waals surface area contributed by atoms with Crippen molar-refractivity contribution >= 4 is 5.91 Å². The van der Waals surface area contributed by atoms with E-state index in [1.165, 1.54) is 0 Å². The summed E-state index contributed by atoms with van der Waals surface area (Å²) >= 11 is 0. The highest BCUT2D eigenvalue weighted by atomic mass is 16.3. The number of piperazine rings is 1. The number of aliphatic hydroxyl groups excluding tert-OH is 1. The highest BCUT2D eigenvalue weighted by molar-refractivity contribution is 5.81. The number of hydrogen-bond donors (Lipinski definition) is 1. The van der Waals surface area contributed by atoms with Crippen molar-refractivity contribution < 1.29 is 9.90 Å². The number of fused-ring (bicyclic) bond motifs is 4. The van der Waals surface area contributed by atoms with E-state index >= 15 is 0 Å². The zero-order chi connectivity index (χ0) is 21.5. The average molecular weight is 424 g/mol. The maximum atomic E-state index is 13.8. The Bertz CT molecular complexity index is 1000. The number of carbonyl (C=O) groups is 1. The molecule has 2 fully saturated rings. The number of amides is 1. The first-order chi connectivity index (χ1) is 15.1. The third-order valence-corrected chi connectivity index (χ3v) is 7.26. The molecule has 0 spiro atoms. The predicted octanol–water partition coefficient (Wildman–Crippen LogP) is 0.181. The minimum Gasteiger partial charge on any atom is -0.396 e. The van der Waals surface area contributed by atoms with Crippen molar-refractivity contribution in [3.63, 3.8) is 0 Å². The number of carbonyl (C=O) groups excluding carboxylic acids is 1. The molecular weight excluding hydrogens is 394 g/mol. The summed E-state index contributed by atoms with van der Waals surface area (Å²) in [6.07, 6.45) is 3.55. The highest BCUT2D eigenvalue weighted by Crippen LogP contribution is 2.49. The lowest BCUT2D eigenvalue weighted by molar-refractivity contribution is -0.139. The van der Waals surface area contributed by atoms with Crippen LogP contribution in [0.2, 0.25) is 0 Å². The molecule has 1 amide bonds. The van der Waals surface area contributed by atoms with Gasteiger partial charge in [-0.3, -0.25) is 19.5 Å². The number of pyridine rings is 2. The van der Waals surface area contributed by atoms with Crippen molar-refractivity contribution in [3.8, 4) is 0 Å². The second kappa shape index (κ2) is 8.18. The van der Waals surface area contributed by atoms with Crippen LogP contribution in [-0.4, -0.2) is 81.1 Å². The first kappa shape index (κ1) is 20.4. The molecule has 0 radical (unpaired) electrons. The van der Waals surface area contributed by atoms with Crippen LogP contribution >= 0.6 is 0 Å². The molecule has 8 heteroatoms. The standard InChI is InChI=1S/C23H29N5O3/c1-25-9-11-26(12-10-25)23(31)21-17(15-29)19-14-27-18(3-2-4-20(27)30)22(21)28(19)13-16-5-7-24-8-6-16/h2-8,17,19,21-22,29H,9-15H2,1H3/t17-,19-,21+,22+/m0/s1. The van der Waals surface area contributed by atoms with Crippen LogP contribution in [0.3, 0.4) is 0 Å². The maximum Gasteiger partial charge on any atom is 0.250 e. The monoisotopic (exact) mass is 423 g/mol. The normalized spacial score (nSPS) is 28.5. The van der Waals surface area contributed by atoms with Gasteiger partial charge in [0.05, 0.1) is 12.0 Å². The Balaban J connectivity index is 1.55. The van der Waals surface area contributed by atoms with Gasteiger partial charge in [0, 0.05) is 82.0 Å². The maximum absolute atomic E-state index is 13.8. The molecule has 0 unspecified atom stereocenters. The Kier molecular flexibility index (Phi) is 5.37. The van der Waals surface area contributed by atoms with Gasteiger partial charge in [-0.05, 0) is 30.8 Å². The summed E-state index contributed by atoms with van der Waals surface area (Å²) in [5, 5.41) is 10.4. The first-order valence-electron chi connectivity index (χ1n) is 11.0. The second-order valence-electron chi connectivity index (χ2n) is 8.94. The van der Waals surface area contributed by atoms with E-state index in [9.17, 15) is 14.7 Å². The third kappa shape index (κ3) is 3.48. The van der Waals surface area contributed by atoms with Crippen LogP contribution in [0.15, 0.2) is 47.5 Å². The van der Waals surface area contributed by atoms with Crippen LogP contribution in [0.5, 0.6) is 0 Å². The van der Waals surface area contributed by atoms with E-state index in [1.807, 2.05) is 23.1 Å². The van der Waals surface area contributed by atoms with Crippen LogP contribution in [0.25, 0.3) is 0 Å².